The molecular formula is C22H36O6S2. The number of ether oxygens (including phenoxy) is 1. The smallest absolute Gasteiger partial charge is 0.320 e. The van der Waals surface area contributed by atoms with Crippen LogP contribution < -0.4 is 0 Å². The molecule has 30 heavy (non-hydrogen) atoms. The quantitative estimate of drug-likeness (QED) is 0.460. The molecule has 8 atom stereocenters. The number of rotatable bonds is 6. The Bertz CT molecular complexity index is 770. The van der Waals surface area contributed by atoms with E-state index in [1.165, 1.54) is 6.42 Å². The van der Waals surface area contributed by atoms with E-state index in [-0.39, 0.29) is 22.9 Å². The molecule has 4 rings (SSSR count). The zero-order valence-electron chi connectivity index (χ0n) is 18.1. The minimum Gasteiger partial charge on any atom is -0.387 e. The predicted molar refractivity (Wildman–Crippen MR) is 116 cm³/mol. The lowest BCUT2D eigenvalue weighted by Crippen LogP contribution is -2.52. The van der Waals surface area contributed by atoms with Gasteiger partial charge in [-0.05, 0) is 92.8 Å². The van der Waals surface area contributed by atoms with Crippen LogP contribution in [0.3, 0.4) is 0 Å². The summed E-state index contributed by atoms with van der Waals surface area (Å²) in [6, 6.07) is 0. The first-order valence-electron chi connectivity index (χ1n) is 11.4. The van der Waals surface area contributed by atoms with Crippen LogP contribution in [0.4, 0.5) is 0 Å². The van der Waals surface area contributed by atoms with Crippen molar-refractivity contribution in [3.8, 4) is 0 Å². The molecule has 172 valence electrons. The Morgan fingerprint density at radius 1 is 1.07 bits per heavy atom. The summed E-state index contributed by atoms with van der Waals surface area (Å²) in [4.78, 5) is 12.8. The maximum Gasteiger partial charge on any atom is 0.320 e. The van der Waals surface area contributed by atoms with Crippen molar-refractivity contribution in [2.75, 3.05) is 19.5 Å². The highest BCUT2D eigenvalue weighted by molar-refractivity contribution is 8.70. The zero-order chi connectivity index (χ0) is 21.7. The third kappa shape index (κ3) is 4.24. The third-order valence-corrected chi connectivity index (χ3v) is 11.2. The molecular weight excluding hydrogens is 424 g/mol. The van der Waals surface area contributed by atoms with E-state index in [1.54, 1.807) is 7.11 Å². The monoisotopic (exact) mass is 460 g/mol. The summed E-state index contributed by atoms with van der Waals surface area (Å²) in [5, 5.41) is 10.9. The molecule has 0 aromatic rings. The second kappa shape index (κ2) is 8.32. The Kier molecular flexibility index (Phi) is 6.39. The van der Waals surface area contributed by atoms with Gasteiger partial charge >= 0.3 is 9.15 Å². The largest absolute Gasteiger partial charge is 0.387 e. The maximum absolute atomic E-state index is 12.8. The van der Waals surface area contributed by atoms with Gasteiger partial charge in [0.05, 0.1) is 18.0 Å². The van der Waals surface area contributed by atoms with Crippen molar-refractivity contribution in [1.29, 1.82) is 0 Å². The van der Waals surface area contributed by atoms with Crippen LogP contribution >= 0.6 is 10.8 Å². The molecule has 4 fully saturated rings. The summed E-state index contributed by atoms with van der Waals surface area (Å²) in [5.41, 5.74) is -0.710. The Balaban J connectivity index is 1.45. The van der Waals surface area contributed by atoms with Crippen LogP contribution in [0, 0.1) is 40.9 Å². The van der Waals surface area contributed by atoms with Gasteiger partial charge in [-0.1, -0.05) is 6.92 Å². The van der Waals surface area contributed by atoms with E-state index >= 15 is 0 Å². The highest BCUT2D eigenvalue weighted by Gasteiger charge is 2.59. The minimum atomic E-state index is -4.18. The summed E-state index contributed by atoms with van der Waals surface area (Å²) in [7, 11) is -2.16. The predicted octanol–water partition coefficient (Wildman–Crippen LogP) is 3.74. The fourth-order valence-corrected chi connectivity index (χ4v) is 9.39. The molecule has 0 saturated heterocycles. The lowest BCUT2D eigenvalue weighted by Gasteiger charge is -2.57. The Hall–Kier alpha value is -0.150. The molecule has 4 saturated carbocycles. The molecule has 2 N–H and O–H groups in total. The molecule has 0 heterocycles. The number of carbonyl (C=O) groups is 1. The Morgan fingerprint density at radius 3 is 2.50 bits per heavy atom. The Morgan fingerprint density at radius 2 is 1.80 bits per heavy atom. The van der Waals surface area contributed by atoms with Crippen molar-refractivity contribution < 1.29 is 27.6 Å². The second-order valence-corrected chi connectivity index (χ2v) is 14.0. The summed E-state index contributed by atoms with van der Waals surface area (Å²) < 4.78 is 36.4. The van der Waals surface area contributed by atoms with E-state index in [4.69, 9.17) is 9.29 Å². The molecule has 0 aliphatic heterocycles. The van der Waals surface area contributed by atoms with Crippen molar-refractivity contribution in [2.24, 2.45) is 40.9 Å². The molecule has 4 aliphatic rings. The number of hydrogen-bond acceptors (Lipinski definition) is 6. The number of aliphatic hydroxyl groups is 1. The lowest BCUT2D eigenvalue weighted by molar-refractivity contribution is -0.134. The van der Waals surface area contributed by atoms with Crippen LogP contribution in [0.25, 0.3) is 0 Å². The average molecular weight is 461 g/mol. The minimum absolute atomic E-state index is 0.0166. The molecule has 0 aromatic heterocycles. The van der Waals surface area contributed by atoms with Gasteiger partial charge < -0.3 is 9.84 Å². The van der Waals surface area contributed by atoms with E-state index in [2.05, 4.69) is 6.92 Å². The zero-order valence-corrected chi connectivity index (χ0v) is 19.7. The molecule has 0 radical (unpaired) electrons. The number of carbonyl (C=O) groups excluding carboxylic acids is 1. The van der Waals surface area contributed by atoms with Gasteiger partial charge in [0.15, 0.2) is 0 Å². The number of fused-ring (bicyclic) bond motifs is 5. The number of hydrogen-bond donors (Lipinski definition) is 2. The Labute approximate surface area is 184 Å². The van der Waals surface area contributed by atoms with E-state index in [9.17, 15) is 18.3 Å². The standard InChI is InChI=1S/C22H36O6S2/c1-21-9-7-16-15-8-10-22(24,13-28-2)11-14(15)3-4-17(16)18(21)5-6-19(21)20(23)12-29-30(25,26)27/h14-19,24H,3-13H2,1-2H3,(H,25,26,27)/t14-,15-,16?,17?,18?,19+,21-,22+/m0/s1. The van der Waals surface area contributed by atoms with E-state index in [0.717, 1.165) is 51.4 Å². The van der Waals surface area contributed by atoms with Crippen molar-refractivity contribution in [3.63, 3.8) is 0 Å². The van der Waals surface area contributed by atoms with Crippen molar-refractivity contribution in [3.05, 3.63) is 0 Å². The topological polar surface area (TPSA) is 101 Å². The first kappa shape index (κ1) is 23.0. The SMILES string of the molecule is COC[C@@]1(O)CC[C@@H]2C3CC[C@@]4(C)C(CC[C@@H]4C(=O)CSS(=O)(=O)O)C3CC[C@H]2C1. The second-order valence-electron chi connectivity index (χ2n) is 10.7. The van der Waals surface area contributed by atoms with E-state index in [1.807, 2.05) is 0 Å². The summed E-state index contributed by atoms with van der Waals surface area (Å²) >= 11 is 0. The van der Waals surface area contributed by atoms with Gasteiger partial charge in [0.25, 0.3) is 0 Å². The summed E-state index contributed by atoms with van der Waals surface area (Å²) in [6.07, 6.45) is 9.13. The number of methoxy groups -OCH3 is 1. The first-order chi connectivity index (χ1) is 14.1. The molecule has 8 heteroatoms. The molecule has 0 spiro atoms. The molecule has 3 unspecified atom stereocenters. The van der Waals surface area contributed by atoms with Gasteiger partial charge in [0, 0.05) is 23.8 Å². The van der Waals surface area contributed by atoms with Gasteiger partial charge in [-0.3, -0.25) is 9.35 Å². The van der Waals surface area contributed by atoms with Crippen molar-refractivity contribution in [2.45, 2.75) is 70.3 Å². The molecule has 0 aromatic carbocycles. The maximum atomic E-state index is 12.8. The average Bonchev–Trinajstić information content (AvgIpc) is 3.02. The van der Waals surface area contributed by atoms with Gasteiger partial charge in [0.1, 0.15) is 5.78 Å². The fourth-order valence-electron chi connectivity index (χ4n) is 8.12. The van der Waals surface area contributed by atoms with Crippen molar-refractivity contribution in [1.82, 2.24) is 0 Å². The first-order valence-corrected chi connectivity index (χ1v) is 14.4. The number of Topliss-reactive ketones (excluding diaryl/α,β-unsaturated/α-hetero) is 1. The van der Waals surface area contributed by atoms with Gasteiger partial charge in [-0.15, -0.1) is 0 Å². The van der Waals surface area contributed by atoms with Crippen LogP contribution in [0.1, 0.15) is 64.7 Å². The van der Waals surface area contributed by atoms with Crippen LogP contribution in [0.2, 0.25) is 0 Å². The lowest BCUT2D eigenvalue weighted by atomic mass is 9.49. The van der Waals surface area contributed by atoms with Gasteiger partial charge in [-0.25, -0.2) is 0 Å². The molecule has 4 aliphatic carbocycles. The van der Waals surface area contributed by atoms with E-state index in [0.29, 0.717) is 47.0 Å². The summed E-state index contributed by atoms with van der Waals surface area (Å²) in [5.74, 6) is 2.86. The van der Waals surface area contributed by atoms with Crippen LogP contribution in [0.15, 0.2) is 0 Å². The number of ketones is 1. The van der Waals surface area contributed by atoms with E-state index < -0.39 is 14.8 Å². The van der Waals surface area contributed by atoms with Crippen LogP contribution in [-0.4, -0.2) is 48.9 Å². The molecule has 6 nitrogen and oxygen atoms in total. The van der Waals surface area contributed by atoms with Crippen LogP contribution in [0.5, 0.6) is 0 Å². The normalized spacial score (nSPS) is 46.0. The van der Waals surface area contributed by atoms with Gasteiger partial charge in [0.2, 0.25) is 0 Å². The third-order valence-electron chi connectivity index (χ3n) is 9.26. The van der Waals surface area contributed by atoms with Crippen molar-refractivity contribution >= 4 is 25.7 Å². The highest BCUT2D eigenvalue weighted by Crippen LogP contribution is 2.64. The van der Waals surface area contributed by atoms with Gasteiger partial charge in [-0.2, -0.15) is 8.42 Å². The molecule has 0 amide bonds. The summed E-state index contributed by atoms with van der Waals surface area (Å²) in [6.45, 7) is 2.68. The highest BCUT2D eigenvalue weighted by atomic mass is 33.1. The fraction of sp³-hybridized carbons (Fsp3) is 0.955. The van der Waals surface area contributed by atoms with Crippen LogP contribution in [-0.2, 0) is 18.7 Å². The molecule has 0 bridgehead atoms.